The summed E-state index contributed by atoms with van der Waals surface area (Å²) in [5.41, 5.74) is 10.1. The van der Waals surface area contributed by atoms with E-state index in [0.717, 1.165) is 6.54 Å². The predicted octanol–water partition coefficient (Wildman–Crippen LogP) is 4.42. The van der Waals surface area contributed by atoms with Gasteiger partial charge in [-0.2, -0.15) is 4.57 Å². The van der Waals surface area contributed by atoms with Crippen LogP contribution in [0.1, 0.15) is 30.9 Å². The number of rotatable bonds is 2. The van der Waals surface area contributed by atoms with Crippen molar-refractivity contribution < 1.29 is 4.57 Å². The van der Waals surface area contributed by atoms with Crippen molar-refractivity contribution in [2.75, 3.05) is 4.81 Å². The van der Waals surface area contributed by atoms with Crippen molar-refractivity contribution in [1.82, 2.24) is 0 Å². The lowest BCUT2D eigenvalue weighted by atomic mass is 9.69. The van der Waals surface area contributed by atoms with Crippen LogP contribution in [0.25, 0.3) is 11.3 Å². The van der Waals surface area contributed by atoms with Crippen LogP contribution >= 0.6 is 7.80 Å². The molecule has 4 aromatic rings. The summed E-state index contributed by atoms with van der Waals surface area (Å²) in [7, 11) is -0.522. The lowest BCUT2D eigenvalue weighted by Crippen LogP contribution is -2.48. The third-order valence-corrected chi connectivity index (χ3v) is 9.78. The molecule has 0 radical (unpaired) electrons. The zero-order valence-electron chi connectivity index (χ0n) is 17.8. The monoisotopic (exact) mass is 417 g/mol. The summed E-state index contributed by atoms with van der Waals surface area (Å²) >= 11 is 0. The minimum Gasteiger partial charge on any atom is -0.371 e. The molecular formula is C27H23BN2P+. The van der Waals surface area contributed by atoms with Crippen LogP contribution in [0.15, 0.2) is 85.1 Å². The van der Waals surface area contributed by atoms with Crippen LogP contribution in [0.4, 0.5) is 11.4 Å². The maximum Gasteiger partial charge on any atom is 0.333 e. The van der Waals surface area contributed by atoms with Crippen molar-refractivity contribution >= 4 is 41.8 Å². The number of pyridine rings is 1. The van der Waals surface area contributed by atoms with Gasteiger partial charge in [0.15, 0.2) is 12.7 Å². The molecule has 0 bridgehead atoms. The highest BCUT2D eigenvalue weighted by Crippen LogP contribution is 2.55. The van der Waals surface area contributed by atoms with E-state index in [1.54, 1.807) is 0 Å². The Morgan fingerprint density at radius 1 is 0.903 bits per heavy atom. The summed E-state index contributed by atoms with van der Waals surface area (Å²) < 4.78 is 2.50. The Morgan fingerprint density at radius 2 is 1.71 bits per heavy atom. The predicted molar refractivity (Wildman–Crippen MR) is 132 cm³/mol. The maximum absolute atomic E-state index is 2.67. The molecular weight excluding hydrogens is 394 g/mol. The molecule has 0 N–H and O–H groups in total. The van der Waals surface area contributed by atoms with Crippen molar-refractivity contribution in [3.8, 4) is 11.3 Å². The van der Waals surface area contributed by atoms with E-state index < -0.39 is 7.80 Å². The molecule has 3 aromatic carbocycles. The number of benzene rings is 3. The Bertz CT molecular complexity index is 1370. The van der Waals surface area contributed by atoms with E-state index in [9.17, 15) is 0 Å². The SMILES string of the molecule is CC(C)c1cc2c3[n+](c1)Cc1cccc(c1-3)B1N2c2ccccc2P1c1ccccc1. The van der Waals surface area contributed by atoms with Crippen molar-refractivity contribution in [1.29, 1.82) is 0 Å². The molecule has 0 spiro atoms. The summed E-state index contributed by atoms with van der Waals surface area (Å²) in [5, 5.41) is 2.96. The quantitative estimate of drug-likeness (QED) is 0.234. The number of anilines is 2. The molecule has 0 amide bonds. The minimum atomic E-state index is -0.522. The normalized spacial score (nSPS) is 17.1. The second kappa shape index (κ2) is 6.31. The largest absolute Gasteiger partial charge is 0.371 e. The van der Waals surface area contributed by atoms with E-state index >= 15 is 0 Å². The van der Waals surface area contributed by atoms with Gasteiger partial charge in [0.05, 0.1) is 5.56 Å². The van der Waals surface area contributed by atoms with E-state index in [4.69, 9.17) is 0 Å². The third-order valence-electron chi connectivity index (χ3n) is 7.03. The molecule has 7 rings (SSSR count). The summed E-state index contributed by atoms with van der Waals surface area (Å²) in [4.78, 5) is 2.67. The van der Waals surface area contributed by atoms with Crippen molar-refractivity contribution in [3.05, 3.63) is 96.2 Å². The van der Waals surface area contributed by atoms with Crippen LogP contribution < -0.4 is 25.4 Å². The Balaban J connectivity index is 1.58. The fourth-order valence-corrected chi connectivity index (χ4v) is 8.62. The first kappa shape index (κ1) is 17.8. The number of fused-ring (bicyclic) bond motifs is 5. The minimum absolute atomic E-state index is 0.353. The summed E-state index contributed by atoms with van der Waals surface area (Å²) in [6, 6.07) is 29.7. The van der Waals surface area contributed by atoms with Gasteiger partial charge in [0.25, 0.3) is 0 Å². The van der Waals surface area contributed by atoms with Gasteiger partial charge in [-0.15, -0.1) is 0 Å². The molecule has 2 nitrogen and oxygen atoms in total. The van der Waals surface area contributed by atoms with Crippen molar-refractivity contribution in [3.63, 3.8) is 0 Å². The van der Waals surface area contributed by atoms with Gasteiger partial charge in [0.1, 0.15) is 5.69 Å². The van der Waals surface area contributed by atoms with Crippen molar-refractivity contribution in [2.24, 2.45) is 0 Å². The Morgan fingerprint density at radius 3 is 2.55 bits per heavy atom. The molecule has 3 aliphatic rings. The van der Waals surface area contributed by atoms with Crippen LogP contribution in [0.3, 0.4) is 0 Å². The third kappa shape index (κ3) is 2.30. The van der Waals surface area contributed by atoms with Gasteiger partial charge < -0.3 is 4.81 Å². The van der Waals surface area contributed by atoms with Crippen LogP contribution in [0, 0.1) is 0 Å². The lowest BCUT2D eigenvalue weighted by molar-refractivity contribution is -0.672. The number of hydrogen-bond acceptors (Lipinski definition) is 1. The van der Waals surface area contributed by atoms with E-state index in [1.165, 1.54) is 49.8 Å². The van der Waals surface area contributed by atoms with Gasteiger partial charge in [0.2, 0.25) is 5.69 Å². The van der Waals surface area contributed by atoms with Gasteiger partial charge in [-0.25, -0.2) is 0 Å². The van der Waals surface area contributed by atoms with Gasteiger partial charge in [-0.3, -0.25) is 0 Å². The number of para-hydroxylation sites is 1. The highest BCUT2D eigenvalue weighted by Gasteiger charge is 2.52. The standard InChI is InChI=1S/C27H23BN2P/c1-18(2)20-15-24-27-26-19(16-29(27)17-20)9-8-12-22(26)28-30(24)23-13-6-7-14-25(23)31(28)21-10-4-3-5-11-21/h3-15,17-18H,16H2,1-2H3/q+1. The van der Waals surface area contributed by atoms with Crippen molar-refractivity contribution in [2.45, 2.75) is 26.3 Å². The molecule has 1 unspecified atom stereocenters. The van der Waals surface area contributed by atoms with Gasteiger partial charge >= 0.3 is 6.57 Å². The first-order valence-corrected chi connectivity index (χ1v) is 12.6. The Kier molecular flexibility index (Phi) is 3.61. The van der Waals surface area contributed by atoms with E-state index in [0.29, 0.717) is 12.5 Å². The Hall–Kier alpha value is -2.90. The zero-order chi connectivity index (χ0) is 20.7. The number of aromatic nitrogens is 1. The molecule has 0 fully saturated rings. The molecule has 3 aliphatic heterocycles. The summed E-state index contributed by atoms with van der Waals surface area (Å²) in [5.74, 6) is 0.506. The molecule has 0 saturated carbocycles. The lowest BCUT2D eigenvalue weighted by Gasteiger charge is -2.33. The average molecular weight is 417 g/mol. The van der Waals surface area contributed by atoms with Crippen LogP contribution in [-0.4, -0.2) is 6.57 Å². The van der Waals surface area contributed by atoms with Crippen LogP contribution in [0.2, 0.25) is 0 Å². The maximum atomic E-state index is 2.67. The molecule has 148 valence electrons. The zero-order valence-corrected chi connectivity index (χ0v) is 18.7. The molecule has 4 heteroatoms. The summed E-state index contributed by atoms with van der Waals surface area (Å²) in [6.45, 7) is 5.94. The fraction of sp³-hybridized carbons (Fsp3) is 0.148. The molecule has 1 atom stereocenters. The number of hydrogen-bond donors (Lipinski definition) is 0. The average Bonchev–Trinajstić information content (AvgIpc) is 3.35. The second-order valence-corrected chi connectivity index (χ2v) is 11.3. The molecule has 0 saturated heterocycles. The van der Waals surface area contributed by atoms with Gasteiger partial charge in [-0.1, -0.05) is 80.6 Å². The first-order valence-electron chi connectivity index (χ1n) is 11.1. The fourth-order valence-electron chi connectivity index (χ4n) is 5.65. The van der Waals surface area contributed by atoms with Gasteiger partial charge in [-0.05, 0) is 41.9 Å². The summed E-state index contributed by atoms with van der Waals surface area (Å²) in [6.07, 6.45) is 2.38. The molecule has 0 aliphatic carbocycles. The van der Waals surface area contributed by atoms with Crippen LogP contribution in [0.5, 0.6) is 0 Å². The van der Waals surface area contributed by atoms with E-state index in [-0.39, 0.29) is 0 Å². The van der Waals surface area contributed by atoms with E-state index in [1.807, 2.05) is 0 Å². The first-order chi connectivity index (χ1) is 15.2. The molecule has 1 aromatic heterocycles. The number of nitrogens with zero attached hydrogens (tertiary/aromatic N) is 2. The molecule has 4 heterocycles. The molecule has 31 heavy (non-hydrogen) atoms. The van der Waals surface area contributed by atoms with Crippen LogP contribution in [-0.2, 0) is 6.54 Å². The second-order valence-electron chi connectivity index (χ2n) is 9.11. The topological polar surface area (TPSA) is 7.12 Å². The highest BCUT2D eigenvalue weighted by atomic mass is 31.1. The smallest absolute Gasteiger partial charge is 0.333 e. The van der Waals surface area contributed by atoms with Gasteiger partial charge in [0, 0.05) is 16.8 Å². The highest BCUT2D eigenvalue weighted by molar-refractivity contribution is 8.04. The van der Waals surface area contributed by atoms with E-state index in [2.05, 4.69) is 108 Å². The Labute approximate surface area is 185 Å².